The first kappa shape index (κ1) is 20.2. The summed E-state index contributed by atoms with van der Waals surface area (Å²) in [6.07, 6.45) is 0. The molecule has 1 aliphatic heterocycles. The molecule has 0 unspecified atom stereocenters. The minimum absolute atomic E-state index is 0.0486. The molecule has 0 bridgehead atoms. The van der Waals surface area contributed by atoms with Gasteiger partial charge in [-0.15, -0.1) is 0 Å². The minimum Gasteiger partial charge on any atom is -0.497 e. The zero-order valence-corrected chi connectivity index (χ0v) is 17.7. The fourth-order valence-corrected chi connectivity index (χ4v) is 3.94. The minimum atomic E-state index is 0.0486. The molecule has 30 heavy (non-hydrogen) atoms. The standard InChI is InChI=1S/C24H27N3O3/c1-4-26-11-13-27(14-12-26)24(28)19-16-22(25-21-8-6-5-7-18(19)21)20-15-17(29-2)9-10-23(20)30-3/h5-10,15-16H,4,11-14H2,1-3H3. The number of hydrogen-bond donors (Lipinski definition) is 0. The van der Waals surface area contributed by atoms with E-state index in [1.165, 1.54) is 0 Å². The van der Waals surface area contributed by atoms with Gasteiger partial charge in [-0.1, -0.05) is 25.1 Å². The highest BCUT2D eigenvalue weighted by atomic mass is 16.5. The molecular weight excluding hydrogens is 378 g/mol. The third kappa shape index (κ3) is 3.83. The van der Waals surface area contributed by atoms with Crippen molar-refractivity contribution in [1.82, 2.24) is 14.8 Å². The zero-order valence-electron chi connectivity index (χ0n) is 17.7. The fraction of sp³-hybridized carbons (Fsp3) is 0.333. The third-order valence-electron chi connectivity index (χ3n) is 5.74. The van der Waals surface area contributed by atoms with E-state index in [0.29, 0.717) is 22.8 Å². The van der Waals surface area contributed by atoms with Crippen LogP contribution in [-0.2, 0) is 0 Å². The lowest BCUT2D eigenvalue weighted by atomic mass is 10.0. The molecule has 3 aromatic rings. The number of piperazine rings is 1. The van der Waals surface area contributed by atoms with Gasteiger partial charge in [-0.05, 0) is 36.9 Å². The molecule has 1 saturated heterocycles. The Kier molecular flexibility index (Phi) is 5.86. The molecule has 1 fully saturated rings. The van der Waals surface area contributed by atoms with E-state index in [-0.39, 0.29) is 5.91 Å². The number of nitrogens with zero attached hydrogens (tertiary/aromatic N) is 3. The second kappa shape index (κ2) is 8.71. The van der Waals surface area contributed by atoms with Gasteiger partial charge in [0, 0.05) is 37.1 Å². The monoisotopic (exact) mass is 405 g/mol. The Hall–Kier alpha value is -3.12. The van der Waals surface area contributed by atoms with Crippen molar-refractivity contribution >= 4 is 16.8 Å². The van der Waals surface area contributed by atoms with E-state index in [1.54, 1.807) is 14.2 Å². The molecule has 6 heteroatoms. The summed E-state index contributed by atoms with van der Waals surface area (Å²) >= 11 is 0. The van der Waals surface area contributed by atoms with Crippen molar-refractivity contribution in [3.05, 3.63) is 54.1 Å². The number of carbonyl (C=O) groups is 1. The van der Waals surface area contributed by atoms with Gasteiger partial charge >= 0.3 is 0 Å². The summed E-state index contributed by atoms with van der Waals surface area (Å²) in [4.78, 5) is 22.6. The molecule has 4 rings (SSSR count). The lowest BCUT2D eigenvalue weighted by molar-refractivity contribution is 0.0645. The van der Waals surface area contributed by atoms with Crippen molar-refractivity contribution in [1.29, 1.82) is 0 Å². The van der Waals surface area contributed by atoms with Gasteiger partial charge in [0.05, 0.1) is 31.0 Å². The third-order valence-corrected chi connectivity index (χ3v) is 5.74. The average molecular weight is 405 g/mol. The van der Waals surface area contributed by atoms with Crippen LogP contribution in [-0.4, -0.2) is 67.6 Å². The Balaban J connectivity index is 1.80. The number of pyridine rings is 1. The number of carbonyl (C=O) groups excluding carboxylic acids is 1. The Morgan fingerprint density at radius 2 is 1.77 bits per heavy atom. The first-order valence-electron chi connectivity index (χ1n) is 10.3. The number of aromatic nitrogens is 1. The summed E-state index contributed by atoms with van der Waals surface area (Å²) in [6, 6.07) is 15.3. The number of hydrogen-bond acceptors (Lipinski definition) is 5. The quantitative estimate of drug-likeness (QED) is 0.648. The van der Waals surface area contributed by atoms with Gasteiger partial charge in [-0.25, -0.2) is 4.98 Å². The molecule has 0 N–H and O–H groups in total. The molecule has 1 aliphatic rings. The van der Waals surface area contributed by atoms with E-state index in [2.05, 4.69) is 11.8 Å². The van der Waals surface area contributed by atoms with E-state index in [0.717, 1.165) is 49.2 Å². The Labute approximate surface area is 177 Å². The van der Waals surface area contributed by atoms with Crippen LogP contribution in [0.4, 0.5) is 0 Å². The molecule has 2 heterocycles. The van der Waals surface area contributed by atoms with Crippen molar-refractivity contribution < 1.29 is 14.3 Å². The molecule has 1 aromatic heterocycles. The molecule has 0 spiro atoms. The molecule has 2 aromatic carbocycles. The van der Waals surface area contributed by atoms with Gasteiger partial charge in [0.2, 0.25) is 0 Å². The normalized spacial score (nSPS) is 14.7. The van der Waals surface area contributed by atoms with Crippen LogP contribution in [0.3, 0.4) is 0 Å². The van der Waals surface area contributed by atoms with Crippen LogP contribution >= 0.6 is 0 Å². The van der Waals surface area contributed by atoms with E-state index in [4.69, 9.17) is 14.5 Å². The molecule has 6 nitrogen and oxygen atoms in total. The maximum Gasteiger partial charge on any atom is 0.254 e. The van der Waals surface area contributed by atoms with Crippen molar-refractivity contribution in [3.8, 4) is 22.8 Å². The maximum atomic E-state index is 13.5. The number of amides is 1. The second-order valence-electron chi connectivity index (χ2n) is 7.36. The summed E-state index contributed by atoms with van der Waals surface area (Å²) in [5.74, 6) is 1.45. The Bertz CT molecular complexity index is 1060. The van der Waals surface area contributed by atoms with E-state index >= 15 is 0 Å². The highest BCUT2D eigenvalue weighted by Crippen LogP contribution is 2.34. The van der Waals surface area contributed by atoms with Gasteiger partial charge in [0.25, 0.3) is 5.91 Å². The number of rotatable bonds is 5. The van der Waals surface area contributed by atoms with Gasteiger partial charge in [0.15, 0.2) is 0 Å². The first-order chi connectivity index (χ1) is 14.6. The molecule has 0 saturated carbocycles. The summed E-state index contributed by atoms with van der Waals surface area (Å²) in [5, 5.41) is 0.867. The summed E-state index contributed by atoms with van der Waals surface area (Å²) in [5.41, 5.74) is 2.95. The van der Waals surface area contributed by atoms with Crippen LogP contribution in [0.5, 0.6) is 11.5 Å². The molecule has 0 atom stereocenters. The van der Waals surface area contributed by atoms with Gasteiger partial charge < -0.3 is 19.3 Å². The molecular formula is C24H27N3O3. The van der Waals surface area contributed by atoms with Crippen LogP contribution in [0.2, 0.25) is 0 Å². The Morgan fingerprint density at radius 1 is 1.00 bits per heavy atom. The fourth-order valence-electron chi connectivity index (χ4n) is 3.94. The largest absolute Gasteiger partial charge is 0.497 e. The second-order valence-corrected chi connectivity index (χ2v) is 7.36. The summed E-state index contributed by atoms with van der Waals surface area (Å²) < 4.78 is 10.9. The number of fused-ring (bicyclic) bond motifs is 1. The van der Waals surface area contributed by atoms with E-state index in [9.17, 15) is 4.79 Å². The average Bonchev–Trinajstić information content (AvgIpc) is 2.82. The lowest BCUT2D eigenvalue weighted by Crippen LogP contribution is -2.48. The maximum absolute atomic E-state index is 13.5. The number of methoxy groups -OCH3 is 2. The highest BCUT2D eigenvalue weighted by Gasteiger charge is 2.24. The van der Waals surface area contributed by atoms with Crippen LogP contribution in [0, 0.1) is 0 Å². The predicted molar refractivity (Wildman–Crippen MR) is 118 cm³/mol. The van der Waals surface area contributed by atoms with Gasteiger partial charge in [-0.3, -0.25) is 4.79 Å². The zero-order chi connectivity index (χ0) is 21.1. The van der Waals surface area contributed by atoms with Crippen LogP contribution in [0.1, 0.15) is 17.3 Å². The number of benzene rings is 2. The number of para-hydroxylation sites is 1. The molecule has 0 radical (unpaired) electrons. The highest BCUT2D eigenvalue weighted by molar-refractivity contribution is 6.07. The topological polar surface area (TPSA) is 54.9 Å². The summed E-state index contributed by atoms with van der Waals surface area (Å²) in [6.45, 7) is 6.45. The SMILES string of the molecule is CCN1CCN(C(=O)c2cc(-c3cc(OC)ccc3OC)nc3ccccc23)CC1. The lowest BCUT2D eigenvalue weighted by Gasteiger charge is -2.34. The number of likely N-dealkylation sites (N-methyl/N-ethyl adjacent to an activating group) is 1. The Morgan fingerprint density at radius 3 is 2.47 bits per heavy atom. The molecule has 1 amide bonds. The number of ether oxygens (including phenoxy) is 2. The smallest absolute Gasteiger partial charge is 0.254 e. The van der Waals surface area contributed by atoms with Crippen LogP contribution in [0.15, 0.2) is 48.5 Å². The van der Waals surface area contributed by atoms with E-state index in [1.807, 2.05) is 53.4 Å². The van der Waals surface area contributed by atoms with Crippen LogP contribution in [0.25, 0.3) is 22.2 Å². The summed E-state index contributed by atoms with van der Waals surface area (Å²) in [7, 11) is 3.26. The van der Waals surface area contributed by atoms with E-state index < -0.39 is 0 Å². The van der Waals surface area contributed by atoms with Gasteiger partial charge in [0.1, 0.15) is 11.5 Å². The van der Waals surface area contributed by atoms with Crippen molar-refractivity contribution in [3.63, 3.8) is 0 Å². The van der Waals surface area contributed by atoms with Crippen molar-refractivity contribution in [2.75, 3.05) is 46.9 Å². The first-order valence-corrected chi connectivity index (χ1v) is 10.3. The van der Waals surface area contributed by atoms with Crippen molar-refractivity contribution in [2.24, 2.45) is 0 Å². The van der Waals surface area contributed by atoms with Gasteiger partial charge in [-0.2, -0.15) is 0 Å². The molecule has 0 aliphatic carbocycles. The predicted octanol–water partition coefficient (Wildman–Crippen LogP) is 3.70. The van der Waals surface area contributed by atoms with Crippen molar-refractivity contribution in [2.45, 2.75) is 6.92 Å². The van der Waals surface area contributed by atoms with Crippen LogP contribution < -0.4 is 9.47 Å². The molecule has 156 valence electrons.